The molecule has 0 atom stereocenters. The lowest BCUT2D eigenvalue weighted by Crippen LogP contribution is -2.17. The number of hydrogen-bond acceptors (Lipinski definition) is 7. The van der Waals surface area contributed by atoms with Gasteiger partial charge in [-0.15, -0.1) is 10.2 Å². The number of rotatable bonds is 9. The molecule has 0 fully saturated rings. The maximum absolute atomic E-state index is 12.4. The largest absolute Gasteiger partial charge is 0.484 e. The van der Waals surface area contributed by atoms with Crippen molar-refractivity contribution in [1.82, 2.24) is 10.2 Å². The number of nitrogens with one attached hydrogen (secondary N) is 1. The van der Waals surface area contributed by atoms with Gasteiger partial charge in [0.15, 0.2) is 12.4 Å². The van der Waals surface area contributed by atoms with Gasteiger partial charge >= 0.3 is 0 Å². The Morgan fingerprint density at radius 3 is 2.60 bits per heavy atom. The molecule has 3 aromatic rings. The number of carbonyl (C=O) groups is 2. The maximum atomic E-state index is 12.4. The second kappa shape index (κ2) is 10.1. The number of aromatic nitrogens is 2. The first-order valence-corrected chi connectivity index (χ1v) is 10.5. The summed E-state index contributed by atoms with van der Waals surface area (Å²) in [5.41, 5.74) is 2.31. The number of hydrogen-bond donors (Lipinski definition) is 1. The quantitative estimate of drug-likeness (QED) is 0.398. The zero-order chi connectivity index (χ0) is 21.5. The highest BCUT2D eigenvalue weighted by Gasteiger charge is 2.13. The maximum Gasteiger partial charge on any atom is 0.277 e. The van der Waals surface area contributed by atoms with Crippen LogP contribution >= 0.6 is 11.8 Å². The zero-order valence-electron chi connectivity index (χ0n) is 17.0. The number of amides is 1. The summed E-state index contributed by atoms with van der Waals surface area (Å²) in [6, 6.07) is 14.5. The topological polar surface area (TPSA) is 94.3 Å². The minimum absolute atomic E-state index is 0.0665. The van der Waals surface area contributed by atoms with Gasteiger partial charge in [-0.2, -0.15) is 0 Å². The van der Waals surface area contributed by atoms with Crippen molar-refractivity contribution in [1.29, 1.82) is 0 Å². The summed E-state index contributed by atoms with van der Waals surface area (Å²) in [6.45, 7) is 5.79. The van der Waals surface area contributed by atoms with E-state index in [2.05, 4.69) is 15.5 Å². The molecule has 0 radical (unpaired) electrons. The van der Waals surface area contributed by atoms with Crippen molar-refractivity contribution in [3.8, 4) is 5.75 Å². The van der Waals surface area contributed by atoms with Crippen LogP contribution in [0.2, 0.25) is 0 Å². The fourth-order valence-corrected chi connectivity index (χ4v) is 3.12. The Morgan fingerprint density at radius 1 is 1.13 bits per heavy atom. The smallest absolute Gasteiger partial charge is 0.277 e. The number of aryl methyl sites for hydroxylation is 1. The van der Waals surface area contributed by atoms with Gasteiger partial charge in [0.1, 0.15) is 5.75 Å². The molecule has 30 heavy (non-hydrogen) atoms. The number of nitrogens with zero attached hydrogens (tertiary/aromatic N) is 2. The van der Waals surface area contributed by atoms with Gasteiger partial charge in [0.2, 0.25) is 5.91 Å². The van der Waals surface area contributed by atoms with Crippen LogP contribution in [-0.4, -0.2) is 27.6 Å². The van der Waals surface area contributed by atoms with Crippen LogP contribution in [0.15, 0.2) is 58.2 Å². The Bertz CT molecular complexity index is 1020. The Morgan fingerprint density at radius 2 is 1.90 bits per heavy atom. The van der Waals surface area contributed by atoms with Crippen LogP contribution in [0, 0.1) is 12.8 Å². The SMILES string of the molecule is Cc1cccc(OCc2nnc(SCC(=O)c3ccc(NC(=O)C(C)C)cc3)o2)c1. The predicted molar refractivity (Wildman–Crippen MR) is 115 cm³/mol. The van der Waals surface area contributed by atoms with E-state index < -0.39 is 0 Å². The molecule has 0 aliphatic heterocycles. The van der Waals surface area contributed by atoms with Gasteiger partial charge in [-0.25, -0.2) is 0 Å². The number of anilines is 1. The van der Waals surface area contributed by atoms with Crippen LogP contribution in [0.4, 0.5) is 5.69 Å². The van der Waals surface area contributed by atoms with Gasteiger partial charge in [0.05, 0.1) is 5.75 Å². The van der Waals surface area contributed by atoms with Gasteiger partial charge in [0.25, 0.3) is 11.1 Å². The fraction of sp³-hybridized carbons (Fsp3) is 0.273. The lowest BCUT2D eigenvalue weighted by molar-refractivity contribution is -0.118. The van der Waals surface area contributed by atoms with Crippen molar-refractivity contribution in [2.75, 3.05) is 11.1 Å². The van der Waals surface area contributed by atoms with Gasteiger partial charge in [0, 0.05) is 17.2 Å². The molecule has 0 aliphatic rings. The van der Waals surface area contributed by atoms with E-state index >= 15 is 0 Å². The minimum atomic E-state index is -0.107. The highest BCUT2D eigenvalue weighted by atomic mass is 32.2. The van der Waals surface area contributed by atoms with E-state index in [0.29, 0.717) is 22.4 Å². The van der Waals surface area contributed by atoms with Crippen molar-refractivity contribution < 1.29 is 18.7 Å². The molecule has 156 valence electrons. The van der Waals surface area contributed by atoms with E-state index in [-0.39, 0.29) is 30.0 Å². The van der Waals surface area contributed by atoms with Crippen LogP contribution in [-0.2, 0) is 11.4 Å². The molecule has 0 spiro atoms. The van der Waals surface area contributed by atoms with Crippen molar-refractivity contribution >= 4 is 29.1 Å². The number of ether oxygens (including phenoxy) is 1. The number of benzene rings is 2. The summed E-state index contributed by atoms with van der Waals surface area (Å²) in [5.74, 6) is 0.991. The molecule has 3 rings (SSSR count). The Labute approximate surface area is 179 Å². The van der Waals surface area contributed by atoms with Crippen LogP contribution < -0.4 is 10.1 Å². The Kier molecular flexibility index (Phi) is 7.24. The monoisotopic (exact) mass is 425 g/mol. The van der Waals surface area contributed by atoms with Crippen LogP contribution in [0.1, 0.15) is 35.7 Å². The molecule has 1 amide bonds. The van der Waals surface area contributed by atoms with Crippen LogP contribution in [0.3, 0.4) is 0 Å². The van der Waals surface area contributed by atoms with Gasteiger partial charge in [-0.1, -0.05) is 37.7 Å². The molecule has 0 saturated carbocycles. The number of ketones is 1. The first-order valence-electron chi connectivity index (χ1n) is 9.49. The van der Waals surface area contributed by atoms with E-state index in [1.807, 2.05) is 45.0 Å². The molecule has 7 nitrogen and oxygen atoms in total. The summed E-state index contributed by atoms with van der Waals surface area (Å²) in [6.07, 6.45) is 0. The molecule has 0 unspecified atom stereocenters. The molecular formula is C22H23N3O4S. The third kappa shape index (κ3) is 6.18. The summed E-state index contributed by atoms with van der Waals surface area (Å²) in [5, 5.41) is 11.0. The van der Waals surface area contributed by atoms with E-state index in [1.165, 1.54) is 11.8 Å². The summed E-state index contributed by atoms with van der Waals surface area (Å²) >= 11 is 1.17. The summed E-state index contributed by atoms with van der Waals surface area (Å²) < 4.78 is 11.2. The second-order valence-electron chi connectivity index (χ2n) is 7.00. The first kappa shape index (κ1) is 21.6. The van der Waals surface area contributed by atoms with E-state index in [1.54, 1.807) is 24.3 Å². The van der Waals surface area contributed by atoms with Crippen molar-refractivity contribution in [2.24, 2.45) is 5.92 Å². The first-order chi connectivity index (χ1) is 14.4. The molecule has 1 aromatic heterocycles. The third-order valence-corrected chi connectivity index (χ3v) is 4.94. The van der Waals surface area contributed by atoms with Gasteiger partial charge in [-0.3, -0.25) is 9.59 Å². The van der Waals surface area contributed by atoms with E-state index in [0.717, 1.165) is 11.3 Å². The standard InChI is InChI=1S/C22H23N3O4S/c1-14(2)21(27)23-17-9-7-16(8-10-17)19(26)13-30-22-25-24-20(29-22)12-28-18-6-4-5-15(3)11-18/h4-11,14H,12-13H2,1-3H3,(H,23,27). The molecule has 1 heterocycles. The number of carbonyl (C=O) groups excluding carboxylic acids is 2. The van der Waals surface area contributed by atoms with Crippen molar-refractivity contribution in [2.45, 2.75) is 32.6 Å². The lowest BCUT2D eigenvalue weighted by atomic mass is 10.1. The molecule has 1 N–H and O–H groups in total. The molecule has 0 bridgehead atoms. The van der Waals surface area contributed by atoms with Gasteiger partial charge < -0.3 is 14.5 Å². The summed E-state index contributed by atoms with van der Waals surface area (Å²) in [7, 11) is 0. The lowest BCUT2D eigenvalue weighted by Gasteiger charge is -2.08. The zero-order valence-corrected chi connectivity index (χ0v) is 17.9. The normalized spacial score (nSPS) is 10.8. The number of thioether (sulfide) groups is 1. The second-order valence-corrected chi connectivity index (χ2v) is 7.93. The van der Waals surface area contributed by atoms with Crippen molar-refractivity contribution in [3.63, 3.8) is 0 Å². The molecule has 0 saturated heterocycles. The van der Waals surface area contributed by atoms with E-state index in [4.69, 9.17) is 9.15 Å². The summed E-state index contributed by atoms with van der Waals surface area (Å²) in [4.78, 5) is 24.1. The average Bonchev–Trinajstić information content (AvgIpc) is 3.19. The molecule has 8 heteroatoms. The van der Waals surface area contributed by atoms with E-state index in [9.17, 15) is 9.59 Å². The highest BCUT2D eigenvalue weighted by molar-refractivity contribution is 7.99. The Hall–Kier alpha value is -3.13. The van der Waals surface area contributed by atoms with Crippen LogP contribution in [0.25, 0.3) is 0 Å². The molecule has 0 aliphatic carbocycles. The Balaban J connectivity index is 1.48. The molecular weight excluding hydrogens is 402 g/mol. The van der Waals surface area contributed by atoms with Crippen molar-refractivity contribution in [3.05, 3.63) is 65.5 Å². The predicted octanol–water partition coefficient (Wildman–Crippen LogP) is 4.53. The fourth-order valence-electron chi connectivity index (χ4n) is 2.44. The van der Waals surface area contributed by atoms with Crippen LogP contribution in [0.5, 0.6) is 5.75 Å². The number of Topliss-reactive ketones (excluding diaryl/α,β-unsaturated/α-hetero) is 1. The highest BCUT2D eigenvalue weighted by Crippen LogP contribution is 2.20. The average molecular weight is 426 g/mol. The van der Waals surface area contributed by atoms with Gasteiger partial charge in [-0.05, 0) is 48.9 Å². The molecule has 2 aromatic carbocycles. The minimum Gasteiger partial charge on any atom is -0.484 e. The third-order valence-electron chi connectivity index (χ3n) is 4.13.